The van der Waals surface area contributed by atoms with Crippen molar-refractivity contribution < 1.29 is 9.53 Å². The van der Waals surface area contributed by atoms with Crippen LogP contribution in [-0.2, 0) is 11.3 Å². The Morgan fingerprint density at radius 3 is 2.72 bits per heavy atom. The van der Waals surface area contributed by atoms with Crippen molar-refractivity contribution in [3.05, 3.63) is 42.4 Å². The fourth-order valence-electron chi connectivity index (χ4n) is 3.11. The van der Waals surface area contributed by atoms with Gasteiger partial charge in [0.25, 0.3) is 5.91 Å². The Kier molecular flexibility index (Phi) is 5.33. The summed E-state index contributed by atoms with van der Waals surface area (Å²) >= 11 is 0. The van der Waals surface area contributed by atoms with E-state index in [1.54, 1.807) is 17.1 Å². The Labute approximate surface area is 148 Å². The molecule has 3 heterocycles. The first-order valence-electron chi connectivity index (χ1n) is 8.66. The molecule has 134 valence electrons. The summed E-state index contributed by atoms with van der Waals surface area (Å²) in [6.45, 7) is 8.33. The first-order chi connectivity index (χ1) is 12.0. The summed E-state index contributed by atoms with van der Waals surface area (Å²) in [5.74, 6) is 0.755. The minimum absolute atomic E-state index is 0.0204. The standard InChI is InChI=1S/C18H25N5O2/c1-13(10-23-8-4-7-20-23)21-18(24)16-5-6-17(19-9-16)22-11-14(2)25-15(3)12-22/h4-9,13-15H,10-12H2,1-3H3,(H,21,24)/t13-,14+,15+/m1/s1. The predicted molar refractivity (Wildman–Crippen MR) is 95.6 cm³/mol. The zero-order valence-corrected chi connectivity index (χ0v) is 14.9. The van der Waals surface area contributed by atoms with E-state index in [4.69, 9.17) is 4.74 Å². The normalized spacial score (nSPS) is 21.8. The largest absolute Gasteiger partial charge is 0.372 e. The molecule has 0 bridgehead atoms. The van der Waals surface area contributed by atoms with Crippen molar-refractivity contribution in [2.45, 2.75) is 45.6 Å². The molecule has 1 amide bonds. The summed E-state index contributed by atoms with van der Waals surface area (Å²) < 4.78 is 7.54. The number of ether oxygens (including phenoxy) is 1. The average Bonchev–Trinajstić information content (AvgIpc) is 3.07. The second kappa shape index (κ2) is 7.65. The van der Waals surface area contributed by atoms with E-state index in [1.165, 1.54) is 0 Å². The van der Waals surface area contributed by atoms with E-state index in [0.717, 1.165) is 18.9 Å². The monoisotopic (exact) mass is 343 g/mol. The highest BCUT2D eigenvalue weighted by Crippen LogP contribution is 2.18. The van der Waals surface area contributed by atoms with Crippen LogP contribution in [0.1, 0.15) is 31.1 Å². The number of nitrogens with one attached hydrogen (secondary N) is 1. The number of anilines is 1. The first kappa shape index (κ1) is 17.4. The van der Waals surface area contributed by atoms with E-state index in [2.05, 4.69) is 34.1 Å². The van der Waals surface area contributed by atoms with Crippen LogP contribution in [0.15, 0.2) is 36.8 Å². The molecule has 0 aromatic carbocycles. The molecule has 1 saturated heterocycles. The van der Waals surface area contributed by atoms with Gasteiger partial charge in [-0.05, 0) is 39.0 Å². The minimum atomic E-state index is -0.123. The number of hydrogen-bond donors (Lipinski definition) is 1. The Morgan fingerprint density at radius 2 is 2.12 bits per heavy atom. The number of rotatable bonds is 5. The molecule has 25 heavy (non-hydrogen) atoms. The van der Waals surface area contributed by atoms with Gasteiger partial charge in [0, 0.05) is 37.7 Å². The highest BCUT2D eigenvalue weighted by molar-refractivity contribution is 5.94. The molecule has 0 unspecified atom stereocenters. The van der Waals surface area contributed by atoms with Crippen LogP contribution in [0, 0.1) is 0 Å². The Balaban J connectivity index is 1.58. The van der Waals surface area contributed by atoms with Gasteiger partial charge in [-0.2, -0.15) is 5.10 Å². The molecule has 2 aromatic heterocycles. The summed E-state index contributed by atoms with van der Waals surface area (Å²) in [6, 6.07) is 5.57. The van der Waals surface area contributed by atoms with Crippen molar-refractivity contribution in [3.63, 3.8) is 0 Å². The maximum atomic E-state index is 12.4. The molecule has 7 nitrogen and oxygen atoms in total. The van der Waals surface area contributed by atoms with E-state index in [-0.39, 0.29) is 24.2 Å². The lowest BCUT2D eigenvalue weighted by Gasteiger charge is -2.36. The number of pyridine rings is 1. The van der Waals surface area contributed by atoms with E-state index in [9.17, 15) is 4.79 Å². The number of aromatic nitrogens is 3. The van der Waals surface area contributed by atoms with Gasteiger partial charge >= 0.3 is 0 Å². The molecular formula is C18H25N5O2. The Bertz CT molecular complexity index is 676. The van der Waals surface area contributed by atoms with Crippen molar-refractivity contribution >= 4 is 11.7 Å². The first-order valence-corrected chi connectivity index (χ1v) is 8.66. The van der Waals surface area contributed by atoms with Crippen LogP contribution in [0.3, 0.4) is 0 Å². The summed E-state index contributed by atoms with van der Waals surface area (Å²) in [4.78, 5) is 19.0. The molecule has 1 N–H and O–H groups in total. The fourth-order valence-corrected chi connectivity index (χ4v) is 3.11. The molecule has 2 aromatic rings. The summed E-state index contributed by atoms with van der Waals surface area (Å²) in [7, 11) is 0. The van der Waals surface area contributed by atoms with Gasteiger partial charge in [-0.1, -0.05) is 0 Å². The van der Waals surface area contributed by atoms with Gasteiger partial charge in [0.1, 0.15) is 5.82 Å². The average molecular weight is 343 g/mol. The van der Waals surface area contributed by atoms with Crippen molar-refractivity contribution in [2.75, 3.05) is 18.0 Å². The minimum Gasteiger partial charge on any atom is -0.372 e. The topological polar surface area (TPSA) is 72.3 Å². The van der Waals surface area contributed by atoms with Crippen LogP contribution < -0.4 is 10.2 Å². The maximum absolute atomic E-state index is 12.4. The number of carbonyl (C=O) groups excluding carboxylic acids is 1. The van der Waals surface area contributed by atoms with Crippen LogP contribution in [0.25, 0.3) is 0 Å². The van der Waals surface area contributed by atoms with Gasteiger partial charge in [-0.3, -0.25) is 9.48 Å². The smallest absolute Gasteiger partial charge is 0.253 e. The number of carbonyl (C=O) groups is 1. The van der Waals surface area contributed by atoms with Crippen LogP contribution >= 0.6 is 0 Å². The third-order valence-corrected chi connectivity index (χ3v) is 4.15. The SMILES string of the molecule is C[C@H](Cn1cccn1)NC(=O)c1ccc(N2C[C@H](C)O[C@@H](C)C2)nc1. The van der Waals surface area contributed by atoms with E-state index >= 15 is 0 Å². The highest BCUT2D eigenvalue weighted by atomic mass is 16.5. The third kappa shape index (κ3) is 4.57. The van der Waals surface area contributed by atoms with Crippen molar-refractivity contribution in [2.24, 2.45) is 0 Å². The summed E-state index contributed by atoms with van der Waals surface area (Å²) in [5, 5.41) is 7.12. The third-order valence-electron chi connectivity index (χ3n) is 4.15. The van der Waals surface area contributed by atoms with Crippen LogP contribution in [0.2, 0.25) is 0 Å². The number of morpholine rings is 1. The van der Waals surface area contributed by atoms with Gasteiger partial charge < -0.3 is 15.0 Å². The Morgan fingerprint density at radius 1 is 1.36 bits per heavy atom. The second-order valence-electron chi connectivity index (χ2n) is 6.67. The number of nitrogens with zero attached hydrogens (tertiary/aromatic N) is 4. The van der Waals surface area contributed by atoms with E-state index < -0.39 is 0 Å². The molecule has 3 atom stereocenters. The van der Waals surface area contributed by atoms with Gasteiger partial charge in [-0.15, -0.1) is 0 Å². The predicted octanol–water partition coefficient (Wildman–Crippen LogP) is 1.71. The lowest BCUT2D eigenvalue weighted by atomic mass is 10.2. The lowest BCUT2D eigenvalue weighted by Crippen LogP contribution is -2.45. The molecule has 7 heteroatoms. The molecular weight excluding hydrogens is 318 g/mol. The summed E-state index contributed by atoms with van der Waals surface area (Å²) in [6.07, 6.45) is 5.59. The molecule has 1 aliphatic heterocycles. The van der Waals surface area contributed by atoms with Crippen LogP contribution in [0.4, 0.5) is 5.82 Å². The van der Waals surface area contributed by atoms with Gasteiger partial charge in [0.15, 0.2) is 0 Å². The van der Waals surface area contributed by atoms with Gasteiger partial charge in [0.05, 0.1) is 24.3 Å². The van der Waals surface area contributed by atoms with E-state index in [0.29, 0.717) is 12.1 Å². The molecule has 0 spiro atoms. The van der Waals surface area contributed by atoms with E-state index in [1.807, 2.05) is 31.3 Å². The highest BCUT2D eigenvalue weighted by Gasteiger charge is 2.23. The molecule has 0 radical (unpaired) electrons. The van der Waals surface area contributed by atoms with Crippen molar-refractivity contribution in [3.8, 4) is 0 Å². The van der Waals surface area contributed by atoms with Crippen molar-refractivity contribution in [1.82, 2.24) is 20.1 Å². The molecule has 3 rings (SSSR count). The maximum Gasteiger partial charge on any atom is 0.253 e. The van der Waals surface area contributed by atoms with Gasteiger partial charge in [0.2, 0.25) is 0 Å². The quantitative estimate of drug-likeness (QED) is 0.895. The van der Waals surface area contributed by atoms with Crippen LogP contribution in [-0.4, -0.2) is 52.0 Å². The van der Waals surface area contributed by atoms with Crippen molar-refractivity contribution in [1.29, 1.82) is 0 Å². The lowest BCUT2D eigenvalue weighted by molar-refractivity contribution is -0.00546. The number of amides is 1. The summed E-state index contributed by atoms with van der Waals surface area (Å²) in [5.41, 5.74) is 0.561. The Hall–Kier alpha value is -2.41. The molecule has 1 fully saturated rings. The zero-order valence-electron chi connectivity index (χ0n) is 14.9. The number of hydrogen-bond acceptors (Lipinski definition) is 5. The molecule has 0 saturated carbocycles. The second-order valence-corrected chi connectivity index (χ2v) is 6.67. The molecule has 1 aliphatic rings. The zero-order chi connectivity index (χ0) is 17.8. The van der Waals surface area contributed by atoms with Gasteiger partial charge in [-0.25, -0.2) is 4.98 Å². The van der Waals surface area contributed by atoms with Crippen LogP contribution in [0.5, 0.6) is 0 Å². The molecule has 0 aliphatic carbocycles. The fraction of sp³-hybridized carbons (Fsp3) is 0.500.